The van der Waals surface area contributed by atoms with E-state index in [0.717, 1.165) is 41.4 Å². The Morgan fingerprint density at radius 3 is 2.41 bits per heavy atom. The highest BCUT2D eigenvalue weighted by Gasteiger charge is 2.13. The average Bonchev–Trinajstić information content (AvgIpc) is 3.08. The number of benzene rings is 2. The molecule has 1 aliphatic rings. The quantitative estimate of drug-likeness (QED) is 0.531. The molecule has 4 rings (SSSR count). The smallest absolute Gasteiger partial charge is 0.323 e. The predicted molar refractivity (Wildman–Crippen MR) is 130 cm³/mol. The van der Waals surface area contributed by atoms with E-state index in [1.807, 2.05) is 63.2 Å². The number of amides is 2. The first kappa shape index (κ1) is 22.1. The first-order valence-corrected chi connectivity index (χ1v) is 11.5. The van der Waals surface area contributed by atoms with Gasteiger partial charge in [-0.15, -0.1) is 0 Å². The number of fused-ring (bicyclic) bond motifs is 1. The van der Waals surface area contributed by atoms with Crippen molar-refractivity contribution in [2.45, 2.75) is 52.7 Å². The molecule has 2 aromatic carbocycles. The van der Waals surface area contributed by atoms with Crippen LogP contribution in [0.5, 0.6) is 5.75 Å². The van der Waals surface area contributed by atoms with Crippen molar-refractivity contribution in [3.63, 3.8) is 0 Å². The number of aromatic nitrogens is 2. The molecule has 0 bridgehead atoms. The molecule has 2 heterocycles. The van der Waals surface area contributed by atoms with E-state index >= 15 is 0 Å². The number of nitrogens with one attached hydrogen (secondary N) is 2. The minimum atomic E-state index is -0.289. The molecule has 7 heteroatoms. The zero-order valence-electron chi connectivity index (χ0n) is 19.2. The molecule has 2 N–H and O–H groups in total. The van der Waals surface area contributed by atoms with Crippen molar-refractivity contribution in [2.24, 2.45) is 0 Å². The molecule has 0 saturated carbocycles. The molecule has 1 saturated heterocycles. The van der Waals surface area contributed by atoms with Gasteiger partial charge < -0.3 is 24.8 Å². The zero-order valence-corrected chi connectivity index (χ0v) is 19.2. The molecule has 3 aromatic rings. The highest BCUT2D eigenvalue weighted by atomic mass is 16.5. The number of ether oxygens (including phenoxy) is 1. The number of piperidine rings is 1. The number of hydrogen-bond donors (Lipinski definition) is 2. The summed E-state index contributed by atoms with van der Waals surface area (Å²) in [7, 11) is 0. The number of rotatable bonds is 7. The van der Waals surface area contributed by atoms with Crippen LogP contribution in [0.3, 0.4) is 0 Å². The van der Waals surface area contributed by atoms with Crippen LogP contribution in [0.1, 0.15) is 38.9 Å². The van der Waals surface area contributed by atoms with Crippen molar-refractivity contribution >= 4 is 28.4 Å². The van der Waals surface area contributed by atoms with Crippen LogP contribution in [-0.2, 0) is 6.54 Å². The van der Waals surface area contributed by atoms with Gasteiger partial charge in [-0.05, 0) is 89.2 Å². The van der Waals surface area contributed by atoms with Crippen LogP contribution < -0.4 is 15.4 Å². The maximum Gasteiger partial charge on any atom is 0.323 e. The fourth-order valence-electron chi connectivity index (χ4n) is 4.22. The van der Waals surface area contributed by atoms with Crippen LogP contribution in [0.2, 0.25) is 0 Å². The molecule has 1 fully saturated rings. The summed E-state index contributed by atoms with van der Waals surface area (Å²) in [5.74, 6) is 1.78. The van der Waals surface area contributed by atoms with E-state index in [2.05, 4.69) is 20.1 Å². The summed E-state index contributed by atoms with van der Waals surface area (Å²) in [6.45, 7) is 10.4. The maximum absolute atomic E-state index is 12.4. The molecule has 0 unspecified atom stereocenters. The van der Waals surface area contributed by atoms with E-state index in [1.165, 1.54) is 32.4 Å². The number of likely N-dealkylation sites (tertiary alicyclic amines) is 1. The summed E-state index contributed by atoms with van der Waals surface area (Å²) in [6, 6.07) is 13.0. The molecule has 32 heavy (non-hydrogen) atoms. The van der Waals surface area contributed by atoms with Gasteiger partial charge in [0.2, 0.25) is 0 Å². The van der Waals surface area contributed by atoms with Crippen molar-refractivity contribution in [3.05, 3.63) is 48.3 Å². The summed E-state index contributed by atoms with van der Waals surface area (Å²) in [5.41, 5.74) is 3.42. The Balaban J connectivity index is 1.37. The molecule has 0 spiro atoms. The minimum Gasteiger partial charge on any atom is -0.491 e. The summed E-state index contributed by atoms with van der Waals surface area (Å²) in [6.07, 6.45) is 4.07. The van der Waals surface area contributed by atoms with Crippen molar-refractivity contribution in [3.8, 4) is 5.75 Å². The second-order valence-corrected chi connectivity index (χ2v) is 8.69. The number of nitrogens with zero attached hydrogens (tertiary/aromatic N) is 3. The third kappa shape index (κ3) is 5.59. The molecule has 1 aliphatic heterocycles. The van der Waals surface area contributed by atoms with E-state index in [0.29, 0.717) is 5.69 Å². The maximum atomic E-state index is 12.4. The first-order valence-electron chi connectivity index (χ1n) is 11.5. The van der Waals surface area contributed by atoms with Crippen molar-refractivity contribution in [1.82, 2.24) is 14.5 Å². The number of urea groups is 1. The number of imidazole rings is 1. The van der Waals surface area contributed by atoms with E-state index < -0.39 is 0 Å². The van der Waals surface area contributed by atoms with Crippen LogP contribution in [0, 0.1) is 6.92 Å². The first-order chi connectivity index (χ1) is 15.5. The van der Waals surface area contributed by atoms with Gasteiger partial charge in [0, 0.05) is 24.5 Å². The van der Waals surface area contributed by atoms with Crippen LogP contribution in [-0.4, -0.2) is 46.2 Å². The Morgan fingerprint density at radius 1 is 1.00 bits per heavy atom. The second kappa shape index (κ2) is 10.0. The van der Waals surface area contributed by atoms with Gasteiger partial charge in [-0.3, -0.25) is 0 Å². The fraction of sp³-hybridized carbons (Fsp3) is 0.440. The molecule has 170 valence electrons. The second-order valence-electron chi connectivity index (χ2n) is 8.69. The lowest BCUT2D eigenvalue weighted by atomic mass is 10.1. The van der Waals surface area contributed by atoms with Crippen molar-refractivity contribution in [2.75, 3.05) is 30.3 Å². The topological polar surface area (TPSA) is 71.4 Å². The Bertz CT molecular complexity index is 1050. The van der Waals surface area contributed by atoms with Crippen LogP contribution >= 0.6 is 0 Å². The lowest BCUT2D eigenvalue weighted by Crippen LogP contribution is -2.32. The number of anilines is 2. The van der Waals surface area contributed by atoms with Gasteiger partial charge in [0.25, 0.3) is 0 Å². The molecular formula is C25H33N5O2. The lowest BCUT2D eigenvalue weighted by molar-refractivity contribution is 0.221. The van der Waals surface area contributed by atoms with Gasteiger partial charge >= 0.3 is 6.03 Å². The normalized spacial score (nSPS) is 14.6. The van der Waals surface area contributed by atoms with Gasteiger partial charge in [0.15, 0.2) is 0 Å². The SMILES string of the molecule is Cc1nc2cc(NC(=O)Nc3ccc(OC(C)C)cc3)ccc2n1CCN1CCCCC1. The number of carbonyl (C=O) groups excluding carboxylic acids is 1. The molecule has 7 nitrogen and oxygen atoms in total. The predicted octanol–water partition coefficient (Wildman–Crippen LogP) is 5.26. The molecule has 0 aliphatic carbocycles. The van der Waals surface area contributed by atoms with E-state index in [9.17, 15) is 4.79 Å². The Hall–Kier alpha value is -3.06. The monoisotopic (exact) mass is 435 g/mol. The third-order valence-electron chi connectivity index (χ3n) is 5.77. The Morgan fingerprint density at radius 2 is 1.69 bits per heavy atom. The Labute approximate surface area is 189 Å². The molecule has 0 radical (unpaired) electrons. The average molecular weight is 436 g/mol. The van der Waals surface area contributed by atoms with Gasteiger partial charge in [-0.2, -0.15) is 0 Å². The van der Waals surface area contributed by atoms with Crippen LogP contribution in [0.4, 0.5) is 16.2 Å². The molecule has 0 atom stereocenters. The Kier molecular flexibility index (Phi) is 6.95. The summed E-state index contributed by atoms with van der Waals surface area (Å²) in [5, 5.41) is 5.76. The van der Waals surface area contributed by atoms with E-state index in [-0.39, 0.29) is 12.1 Å². The van der Waals surface area contributed by atoms with Crippen molar-refractivity contribution in [1.29, 1.82) is 0 Å². The van der Waals surface area contributed by atoms with Crippen molar-refractivity contribution < 1.29 is 9.53 Å². The lowest BCUT2D eigenvalue weighted by Gasteiger charge is -2.26. The number of carbonyl (C=O) groups is 1. The molecule has 2 amide bonds. The van der Waals surface area contributed by atoms with Gasteiger partial charge in [-0.1, -0.05) is 6.42 Å². The highest BCUT2D eigenvalue weighted by molar-refractivity contribution is 6.00. The standard InChI is InChI=1S/C25H33N5O2/c1-18(2)32-22-10-7-20(8-11-22)27-25(31)28-21-9-12-24-23(17-21)26-19(3)30(24)16-15-29-13-5-4-6-14-29/h7-12,17-18H,4-6,13-16H2,1-3H3,(H2,27,28,31). The summed E-state index contributed by atoms with van der Waals surface area (Å²) in [4.78, 5) is 19.7. The van der Waals surface area contributed by atoms with Gasteiger partial charge in [0.1, 0.15) is 11.6 Å². The molecular weight excluding hydrogens is 402 g/mol. The minimum absolute atomic E-state index is 0.115. The highest BCUT2D eigenvalue weighted by Crippen LogP contribution is 2.22. The number of aryl methyl sites for hydroxylation is 1. The zero-order chi connectivity index (χ0) is 22.5. The summed E-state index contributed by atoms with van der Waals surface area (Å²) >= 11 is 0. The largest absolute Gasteiger partial charge is 0.491 e. The van der Waals surface area contributed by atoms with Gasteiger partial charge in [0.05, 0.1) is 17.1 Å². The number of hydrogen-bond acceptors (Lipinski definition) is 4. The molecule has 1 aromatic heterocycles. The van der Waals surface area contributed by atoms with E-state index in [4.69, 9.17) is 9.72 Å². The fourth-order valence-corrected chi connectivity index (χ4v) is 4.22. The van der Waals surface area contributed by atoms with Crippen LogP contribution in [0.15, 0.2) is 42.5 Å². The summed E-state index contributed by atoms with van der Waals surface area (Å²) < 4.78 is 7.91. The van der Waals surface area contributed by atoms with Gasteiger partial charge in [-0.25, -0.2) is 9.78 Å². The third-order valence-corrected chi connectivity index (χ3v) is 5.77. The van der Waals surface area contributed by atoms with Crippen LogP contribution in [0.25, 0.3) is 11.0 Å². The van der Waals surface area contributed by atoms with E-state index in [1.54, 1.807) is 0 Å².